The summed E-state index contributed by atoms with van der Waals surface area (Å²) in [7, 11) is 4.71. The first kappa shape index (κ1) is 21.4. The van der Waals surface area contributed by atoms with Gasteiger partial charge in [-0.25, -0.2) is 0 Å². The number of benzene rings is 2. The molecule has 8 heteroatoms. The maximum atomic E-state index is 12.9. The van der Waals surface area contributed by atoms with Crippen LogP contribution in [0.5, 0.6) is 17.2 Å². The van der Waals surface area contributed by atoms with E-state index in [1.165, 1.54) is 4.90 Å². The van der Waals surface area contributed by atoms with Crippen molar-refractivity contribution in [3.63, 3.8) is 0 Å². The topological polar surface area (TPSA) is 86.3 Å². The second-order valence-electron chi connectivity index (χ2n) is 6.76. The van der Waals surface area contributed by atoms with Gasteiger partial charge in [0, 0.05) is 23.7 Å². The number of hydrogen-bond donors (Lipinski definition) is 1. The summed E-state index contributed by atoms with van der Waals surface area (Å²) in [6.45, 7) is 0.575. The Hall–Kier alpha value is -3.26. The monoisotopic (exact) mass is 414 g/mol. The Balaban J connectivity index is 1.74. The molecule has 1 fully saturated rings. The number of morpholine rings is 1. The molecule has 2 aromatic rings. The zero-order valence-corrected chi connectivity index (χ0v) is 17.3. The van der Waals surface area contributed by atoms with Gasteiger partial charge in [0.15, 0.2) is 0 Å². The van der Waals surface area contributed by atoms with Crippen molar-refractivity contribution >= 4 is 11.8 Å². The van der Waals surface area contributed by atoms with Gasteiger partial charge in [0.2, 0.25) is 11.8 Å². The van der Waals surface area contributed by atoms with Crippen molar-refractivity contribution in [2.75, 3.05) is 34.5 Å². The van der Waals surface area contributed by atoms with Crippen LogP contribution in [0.15, 0.2) is 42.5 Å². The van der Waals surface area contributed by atoms with Crippen LogP contribution < -0.4 is 19.5 Å². The average Bonchev–Trinajstić information content (AvgIpc) is 2.79. The molecule has 3 rings (SSSR count). The third kappa shape index (κ3) is 4.83. The van der Waals surface area contributed by atoms with Gasteiger partial charge in [-0.15, -0.1) is 0 Å². The molecule has 0 aliphatic carbocycles. The Kier molecular flexibility index (Phi) is 7.13. The molecule has 1 aliphatic heterocycles. The first-order valence-corrected chi connectivity index (χ1v) is 9.55. The number of nitrogens with one attached hydrogen (secondary N) is 1. The van der Waals surface area contributed by atoms with Gasteiger partial charge in [-0.3, -0.25) is 9.59 Å². The van der Waals surface area contributed by atoms with Crippen LogP contribution in [0.4, 0.5) is 0 Å². The number of carbonyl (C=O) groups is 2. The molecule has 2 amide bonds. The average molecular weight is 414 g/mol. The fraction of sp³-hybridized carbons (Fsp3) is 0.364. The lowest BCUT2D eigenvalue weighted by Gasteiger charge is -2.34. The Labute approximate surface area is 175 Å². The van der Waals surface area contributed by atoms with Crippen molar-refractivity contribution in [2.45, 2.75) is 19.1 Å². The lowest BCUT2D eigenvalue weighted by Crippen LogP contribution is -2.55. The first-order valence-electron chi connectivity index (χ1n) is 9.55. The van der Waals surface area contributed by atoms with Crippen LogP contribution in [0, 0.1) is 0 Å². The molecule has 1 atom stereocenters. The minimum atomic E-state index is -0.743. The molecule has 160 valence electrons. The van der Waals surface area contributed by atoms with Crippen LogP contribution in [-0.2, 0) is 27.4 Å². The zero-order chi connectivity index (χ0) is 21.5. The smallest absolute Gasteiger partial charge is 0.249 e. The number of amides is 2. The minimum absolute atomic E-state index is 0.0608. The molecule has 1 saturated heterocycles. The second kappa shape index (κ2) is 9.98. The third-order valence-electron chi connectivity index (χ3n) is 4.98. The van der Waals surface area contributed by atoms with Crippen molar-refractivity contribution in [1.82, 2.24) is 10.2 Å². The van der Waals surface area contributed by atoms with E-state index in [0.29, 0.717) is 17.2 Å². The van der Waals surface area contributed by atoms with Gasteiger partial charge in [-0.1, -0.05) is 18.2 Å². The van der Waals surface area contributed by atoms with Gasteiger partial charge in [-0.05, 0) is 18.2 Å². The molecule has 0 saturated carbocycles. The maximum Gasteiger partial charge on any atom is 0.249 e. The number of ether oxygens (including phenoxy) is 4. The summed E-state index contributed by atoms with van der Waals surface area (Å²) in [6, 6.07) is 12.1. The summed E-state index contributed by atoms with van der Waals surface area (Å²) in [6.07, 6.45) is 0. The molecule has 0 radical (unpaired) electrons. The standard InChI is InChI=1S/C22H26N2O6/c1-27-17-9-8-16(20(10-17)29-3)12-24-18(13-30-14-21(24)25)22(26)23-11-15-6-4-5-7-19(15)28-2/h4-10,18H,11-14H2,1-3H3,(H,23,26). The van der Waals surface area contributed by atoms with Crippen LogP contribution in [0.25, 0.3) is 0 Å². The number of nitrogens with zero attached hydrogens (tertiary/aromatic N) is 1. The predicted molar refractivity (Wildman–Crippen MR) is 110 cm³/mol. The maximum absolute atomic E-state index is 12.9. The molecule has 1 aliphatic rings. The van der Waals surface area contributed by atoms with Crippen LogP contribution in [0.2, 0.25) is 0 Å². The highest BCUT2D eigenvalue weighted by Gasteiger charge is 2.34. The minimum Gasteiger partial charge on any atom is -0.497 e. The normalized spacial score (nSPS) is 16.2. The quantitative estimate of drug-likeness (QED) is 0.708. The van der Waals surface area contributed by atoms with Crippen molar-refractivity contribution in [2.24, 2.45) is 0 Å². The second-order valence-corrected chi connectivity index (χ2v) is 6.76. The molecule has 0 bridgehead atoms. The van der Waals surface area contributed by atoms with E-state index < -0.39 is 6.04 Å². The van der Waals surface area contributed by atoms with Crippen LogP contribution in [-0.4, -0.2) is 57.3 Å². The summed E-state index contributed by atoms with van der Waals surface area (Å²) >= 11 is 0. The molecule has 30 heavy (non-hydrogen) atoms. The number of hydrogen-bond acceptors (Lipinski definition) is 6. The van der Waals surface area contributed by atoms with Gasteiger partial charge in [-0.2, -0.15) is 0 Å². The fourth-order valence-electron chi connectivity index (χ4n) is 3.34. The number of rotatable bonds is 8. The van der Waals surface area contributed by atoms with E-state index in [1.807, 2.05) is 30.3 Å². The fourth-order valence-corrected chi connectivity index (χ4v) is 3.34. The van der Waals surface area contributed by atoms with E-state index in [1.54, 1.807) is 33.5 Å². The molecule has 1 heterocycles. The van der Waals surface area contributed by atoms with E-state index >= 15 is 0 Å². The van der Waals surface area contributed by atoms with Gasteiger partial charge in [0.05, 0.1) is 34.5 Å². The summed E-state index contributed by atoms with van der Waals surface area (Å²) < 4.78 is 21.3. The molecule has 0 aromatic heterocycles. The lowest BCUT2D eigenvalue weighted by atomic mass is 10.1. The molecule has 2 aromatic carbocycles. The number of methoxy groups -OCH3 is 3. The number of para-hydroxylation sites is 1. The van der Waals surface area contributed by atoms with Crippen molar-refractivity contribution < 1.29 is 28.5 Å². The van der Waals surface area contributed by atoms with E-state index in [0.717, 1.165) is 11.1 Å². The molecule has 8 nitrogen and oxygen atoms in total. The predicted octanol–water partition coefficient (Wildman–Crippen LogP) is 1.76. The van der Waals surface area contributed by atoms with Gasteiger partial charge >= 0.3 is 0 Å². The van der Waals surface area contributed by atoms with E-state index in [9.17, 15) is 9.59 Å². The SMILES string of the molecule is COc1ccc(CN2C(=O)COCC2C(=O)NCc2ccccc2OC)c(OC)c1. The Morgan fingerprint density at radius 1 is 1.07 bits per heavy atom. The molecular weight excluding hydrogens is 388 g/mol. The van der Waals surface area contributed by atoms with E-state index in [4.69, 9.17) is 18.9 Å². The van der Waals surface area contributed by atoms with Crippen LogP contribution in [0.3, 0.4) is 0 Å². The summed E-state index contributed by atoms with van der Waals surface area (Å²) in [5.74, 6) is 1.38. The highest BCUT2D eigenvalue weighted by molar-refractivity contribution is 5.89. The summed E-state index contributed by atoms with van der Waals surface area (Å²) in [5, 5.41) is 2.88. The van der Waals surface area contributed by atoms with Crippen LogP contribution in [0.1, 0.15) is 11.1 Å². The summed E-state index contributed by atoms with van der Waals surface area (Å²) in [5.41, 5.74) is 1.62. The Morgan fingerprint density at radius 2 is 1.83 bits per heavy atom. The van der Waals surface area contributed by atoms with E-state index in [2.05, 4.69) is 5.32 Å². The molecule has 1 N–H and O–H groups in total. The summed E-state index contributed by atoms with van der Waals surface area (Å²) in [4.78, 5) is 27.0. The number of carbonyl (C=O) groups excluding carboxylic acids is 2. The third-order valence-corrected chi connectivity index (χ3v) is 4.98. The largest absolute Gasteiger partial charge is 0.497 e. The van der Waals surface area contributed by atoms with Crippen molar-refractivity contribution in [3.8, 4) is 17.2 Å². The zero-order valence-electron chi connectivity index (χ0n) is 17.3. The molecule has 0 spiro atoms. The lowest BCUT2D eigenvalue weighted by molar-refractivity contribution is -0.155. The van der Waals surface area contributed by atoms with Crippen LogP contribution >= 0.6 is 0 Å². The Morgan fingerprint density at radius 3 is 2.57 bits per heavy atom. The highest BCUT2D eigenvalue weighted by Crippen LogP contribution is 2.27. The molecular formula is C22H26N2O6. The molecule has 1 unspecified atom stereocenters. The van der Waals surface area contributed by atoms with Crippen molar-refractivity contribution in [3.05, 3.63) is 53.6 Å². The Bertz CT molecular complexity index is 901. The van der Waals surface area contributed by atoms with Crippen molar-refractivity contribution in [1.29, 1.82) is 0 Å². The first-order chi connectivity index (χ1) is 14.6. The van der Waals surface area contributed by atoms with E-state index in [-0.39, 0.29) is 38.1 Å². The van der Waals surface area contributed by atoms with Gasteiger partial charge < -0.3 is 29.2 Å². The van der Waals surface area contributed by atoms with Gasteiger partial charge in [0.1, 0.15) is 29.9 Å². The van der Waals surface area contributed by atoms with Gasteiger partial charge in [0.25, 0.3) is 0 Å². The highest BCUT2D eigenvalue weighted by atomic mass is 16.5.